The third-order valence-electron chi connectivity index (χ3n) is 2.01. The standard InChI is InChI=1S/C10H20O3/c1-3-7-13-8-5-10(4-6-11)9(2)12/h10-11H,3-8H2,1-2H3. The summed E-state index contributed by atoms with van der Waals surface area (Å²) in [5.74, 6) is 0.121. The Morgan fingerprint density at radius 2 is 2.08 bits per heavy atom. The first-order valence-corrected chi connectivity index (χ1v) is 4.91. The lowest BCUT2D eigenvalue weighted by Gasteiger charge is -2.11. The molecule has 0 bridgehead atoms. The summed E-state index contributed by atoms with van der Waals surface area (Å²) in [6.07, 6.45) is 2.30. The zero-order valence-corrected chi connectivity index (χ0v) is 8.58. The quantitative estimate of drug-likeness (QED) is 0.585. The molecule has 0 aliphatic heterocycles. The van der Waals surface area contributed by atoms with E-state index in [-0.39, 0.29) is 18.3 Å². The first-order chi connectivity index (χ1) is 6.22. The van der Waals surface area contributed by atoms with Crippen LogP contribution in [0.5, 0.6) is 0 Å². The fourth-order valence-electron chi connectivity index (χ4n) is 1.18. The molecule has 3 heteroatoms. The van der Waals surface area contributed by atoms with E-state index in [1.165, 1.54) is 0 Å². The third-order valence-corrected chi connectivity index (χ3v) is 2.01. The molecular weight excluding hydrogens is 168 g/mol. The molecule has 0 spiro atoms. The van der Waals surface area contributed by atoms with Gasteiger partial charge in [-0.25, -0.2) is 0 Å². The molecule has 0 aliphatic rings. The molecule has 0 fully saturated rings. The van der Waals surface area contributed by atoms with E-state index in [9.17, 15) is 4.79 Å². The molecule has 78 valence electrons. The van der Waals surface area contributed by atoms with E-state index in [1.54, 1.807) is 6.92 Å². The average molecular weight is 188 g/mol. The molecule has 0 radical (unpaired) electrons. The highest BCUT2D eigenvalue weighted by atomic mass is 16.5. The largest absolute Gasteiger partial charge is 0.396 e. The zero-order valence-electron chi connectivity index (χ0n) is 8.58. The maximum Gasteiger partial charge on any atom is 0.133 e. The van der Waals surface area contributed by atoms with Crippen LogP contribution in [0.25, 0.3) is 0 Å². The summed E-state index contributed by atoms with van der Waals surface area (Å²) in [7, 11) is 0. The van der Waals surface area contributed by atoms with Crippen LogP contribution in [0.1, 0.15) is 33.1 Å². The van der Waals surface area contributed by atoms with Crippen molar-refractivity contribution in [1.82, 2.24) is 0 Å². The number of carbonyl (C=O) groups excluding carboxylic acids is 1. The Hall–Kier alpha value is -0.410. The van der Waals surface area contributed by atoms with Gasteiger partial charge in [-0.05, 0) is 26.2 Å². The van der Waals surface area contributed by atoms with Crippen LogP contribution < -0.4 is 0 Å². The lowest BCUT2D eigenvalue weighted by atomic mass is 9.98. The predicted octanol–water partition coefficient (Wildman–Crippen LogP) is 1.39. The Kier molecular flexibility index (Phi) is 7.94. The van der Waals surface area contributed by atoms with Crippen LogP contribution in [0.3, 0.4) is 0 Å². The molecule has 0 heterocycles. The summed E-state index contributed by atoms with van der Waals surface area (Å²) in [6, 6.07) is 0. The Labute approximate surface area is 80.1 Å². The fourth-order valence-corrected chi connectivity index (χ4v) is 1.18. The van der Waals surface area contributed by atoms with E-state index >= 15 is 0 Å². The van der Waals surface area contributed by atoms with Crippen LogP contribution in [0.2, 0.25) is 0 Å². The summed E-state index contributed by atoms with van der Waals surface area (Å²) in [5.41, 5.74) is 0. The van der Waals surface area contributed by atoms with Gasteiger partial charge in [0.05, 0.1) is 0 Å². The second-order valence-electron chi connectivity index (χ2n) is 3.22. The van der Waals surface area contributed by atoms with Crippen molar-refractivity contribution in [3.8, 4) is 0 Å². The van der Waals surface area contributed by atoms with Crippen LogP contribution in [0.4, 0.5) is 0 Å². The molecule has 0 rings (SSSR count). The van der Waals surface area contributed by atoms with E-state index in [2.05, 4.69) is 6.92 Å². The smallest absolute Gasteiger partial charge is 0.133 e. The monoisotopic (exact) mass is 188 g/mol. The van der Waals surface area contributed by atoms with E-state index < -0.39 is 0 Å². The first kappa shape index (κ1) is 12.6. The molecule has 0 aromatic rings. The topological polar surface area (TPSA) is 46.5 Å². The molecule has 0 aromatic heterocycles. The predicted molar refractivity (Wildman–Crippen MR) is 51.6 cm³/mol. The van der Waals surface area contributed by atoms with Gasteiger partial charge in [-0.2, -0.15) is 0 Å². The number of rotatable bonds is 8. The van der Waals surface area contributed by atoms with Crippen LogP contribution in [-0.2, 0) is 9.53 Å². The Morgan fingerprint density at radius 3 is 2.54 bits per heavy atom. The summed E-state index contributed by atoms with van der Waals surface area (Å²) < 4.78 is 5.28. The maximum atomic E-state index is 11.0. The number of ether oxygens (including phenoxy) is 1. The van der Waals surface area contributed by atoms with Crippen LogP contribution in [0.15, 0.2) is 0 Å². The van der Waals surface area contributed by atoms with Crippen molar-refractivity contribution in [2.45, 2.75) is 33.1 Å². The summed E-state index contributed by atoms with van der Waals surface area (Å²) in [5, 5.41) is 8.70. The van der Waals surface area contributed by atoms with Crippen LogP contribution in [0, 0.1) is 5.92 Å². The van der Waals surface area contributed by atoms with E-state index in [0.717, 1.165) is 19.4 Å². The molecule has 0 amide bonds. The number of Topliss-reactive ketones (excluding diaryl/α,β-unsaturated/α-hetero) is 1. The van der Waals surface area contributed by atoms with Crippen molar-refractivity contribution >= 4 is 5.78 Å². The van der Waals surface area contributed by atoms with Crippen LogP contribution in [-0.4, -0.2) is 30.7 Å². The van der Waals surface area contributed by atoms with Gasteiger partial charge in [0, 0.05) is 25.7 Å². The van der Waals surface area contributed by atoms with Crippen molar-refractivity contribution in [3.05, 3.63) is 0 Å². The van der Waals surface area contributed by atoms with Gasteiger partial charge >= 0.3 is 0 Å². The lowest BCUT2D eigenvalue weighted by molar-refractivity contribution is -0.121. The molecule has 0 aromatic carbocycles. The molecule has 3 nitrogen and oxygen atoms in total. The van der Waals surface area contributed by atoms with Crippen LogP contribution >= 0.6 is 0 Å². The van der Waals surface area contributed by atoms with Gasteiger partial charge in [-0.1, -0.05) is 6.92 Å². The number of aliphatic hydroxyl groups is 1. The number of hydrogen-bond donors (Lipinski definition) is 1. The molecule has 1 atom stereocenters. The van der Waals surface area contributed by atoms with Crippen molar-refractivity contribution in [3.63, 3.8) is 0 Å². The molecule has 1 unspecified atom stereocenters. The summed E-state index contributed by atoms with van der Waals surface area (Å²) in [4.78, 5) is 11.0. The van der Waals surface area contributed by atoms with Crippen molar-refractivity contribution in [1.29, 1.82) is 0 Å². The number of carbonyl (C=O) groups is 1. The second kappa shape index (κ2) is 8.20. The Balaban J connectivity index is 3.51. The van der Waals surface area contributed by atoms with Gasteiger partial charge in [0.15, 0.2) is 0 Å². The molecular formula is C10H20O3. The maximum absolute atomic E-state index is 11.0. The summed E-state index contributed by atoms with van der Waals surface area (Å²) >= 11 is 0. The number of aliphatic hydroxyl groups excluding tert-OH is 1. The first-order valence-electron chi connectivity index (χ1n) is 4.91. The highest BCUT2D eigenvalue weighted by Crippen LogP contribution is 2.09. The Morgan fingerprint density at radius 1 is 1.38 bits per heavy atom. The molecule has 13 heavy (non-hydrogen) atoms. The fraction of sp³-hybridized carbons (Fsp3) is 0.900. The average Bonchev–Trinajstić information content (AvgIpc) is 2.10. The van der Waals surface area contributed by atoms with E-state index in [0.29, 0.717) is 13.0 Å². The Bertz CT molecular complexity index is 134. The van der Waals surface area contributed by atoms with Crippen molar-refractivity contribution < 1.29 is 14.6 Å². The van der Waals surface area contributed by atoms with Gasteiger partial charge in [-0.3, -0.25) is 4.79 Å². The second-order valence-corrected chi connectivity index (χ2v) is 3.22. The van der Waals surface area contributed by atoms with Crippen molar-refractivity contribution in [2.24, 2.45) is 5.92 Å². The molecule has 1 N–H and O–H groups in total. The van der Waals surface area contributed by atoms with Crippen molar-refractivity contribution in [2.75, 3.05) is 19.8 Å². The normalized spacial score (nSPS) is 12.8. The third kappa shape index (κ3) is 6.72. The highest BCUT2D eigenvalue weighted by Gasteiger charge is 2.12. The van der Waals surface area contributed by atoms with Gasteiger partial charge in [-0.15, -0.1) is 0 Å². The van der Waals surface area contributed by atoms with Gasteiger partial charge in [0.25, 0.3) is 0 Å². The molecule has 0 saturated heterocycles. The lowest BCUT2D eigenvalue weighted by Crippen LogP contribution is -2.15. The van der Waals surface area contributed by atoms with E-state index in [4.69, 9.17) is 9.84 Å². The zero-order chi connectivity index (χ0) is 10.1. The minimum Gasteiger partial charge on any atom is -0.396 e. The minimum absolute atomic E-state index is 0.0261. The number of hydrogen-bond acceptors (Lipinski definition) is 3. The summed E-state index contributed by atoms with van der Waals surface area (Å²) in [6.45, 7) is 5.08. The minimum atomic E-state index is -0.0261. The van der Waals surface area contributed by atoms with Gasteiger partial charge < -0.3 is 9.84 Å². The van der Waals surface area contributed by atoms with E-state index in [1.807, 2.05) is 0 Å². The highest BCUT2D eigenvalue weighted by molar-refractivity contribution is 5.78. The number of ketones is 1. The molecule has 0 saturated carbocycles. The molecule has 0 aliphatic carbocycles. The van der Waals surface area contributed by atoms with Gasteiger partial charge in [0.1, 0.15) is 5.78 Å². The SMILES string of the molecule is CCCOCCC(CCO)C(C)=O. The van der Waals surface area contributed by atoms with Gasteiger partial charge in [0.2, 0.25) is 0 Å².